The van der Waals surface area contributed by atoms with Gasteiger partial charge in [0.1, 0.15) is 0 Å². The molecule has 100 valence electrons. The van der Waals surface area contributed by atoms with E-state index in [1.54, 1.807) is 23.1 Å². The third kappa shape index (κ3) is 2.90. The fourth-order valence-electron chi connectivity index (χ4n) is 2.25. The van der Waals surface area contributed by atoms with Crippen molar-refractivity contribution in [3.8, 4) is 0 Å². The molecular weight excluding hydrogens is 266 g/mol. The normalized spacial score (nSPS) is 17.3. The first kappa shape index (κ1) is 13.9. The SMILES string of the molecule is CSC(CO)C(C)NC(=O)c1cc2c(s1)CCC2. The van der Waals surface area contributed by atoms with E-state index in [4.69, 9.17) is 0 Å². The van der Waals surface area contributed by atoms with Crippen LogP contribution in [0.4, 0.5) is 0 Å². The van der Waals surface area contributed by atoms with Crippen LogP contribution in [0, 0.1) is 0 Å². The van der Waals surface area contributed by atoms with Gasteiger partial charge in [0.25, 0.3) is 5.91 Å². The molecule has 0 aliphatic heterocycles. The van der Waals surface area contributed by atoms with E-state index in [9.17, 15) is 9.90 Å². The third-order valence-electron chi connectivity index (χ3n) is 3.37. The minimum atomic E-state index is -0.0190. The Hall–Kier alpha value is -0.520. The van der Waals surface area contributed by atoms with E-state index in [1.165, 1.54) is 16.9 Å². The number of aliphatic hydroxyl groups is 1. The number of carbonyl (C=O) groups is 1. The van der Waals surface area contributed by atoms with Crippen LogP contribution in [0.1, 0.15) is 33.5 Å². The third-order valence-corrected chi connectivity index (χ3v) is 5.77. The molecule has 2 N–H and O–H groups in total. The number of amides is 1. The lowest BCUT2D eigenvalue weighted by Gasteiger charge is -2.20. The van der Waals surface area contributed by atoms with Crippen molar-refractivity contribution >= 4 is 29.0 Å². The molecule has 0 fully saturated rings. The first-order valence-electron chi connectivity index (χ1n) is 6.21. The Bertz CT molecular complexity index is 405. The Labute approximate surface area is 116 Å². The van der Waals surface area contributed by atoms with Crippen molar-refractivity contribution in [1.29, 1.82) is 0 Å². The Morgan fingerprint density at radius 1 is 1.61 bits per heavy atom. The number of aliphatic hydroxyl groups excluding tert-OH is 1. The Morgan fingerprint density at radius 2 is 2.39 bits per heavy atom. The van der Waals surface area contributed by atoms with Gasteiger partial charge in [-0.2, -0.15) is 11.8 Å². The molecule has 1 aliphatic rings. The van der Waals surface area contributed by atoms with Gasteiger partial charge < -0.3 is 10.4 Å². The minimum absolute atomic E-state index is 0.00519. The first-order chi connectivity index (χ1) is 8.65. The second-order valence-corrected chi connectivity index (χ2v) is 6.85. The Morgan fingerprint density at radius 3 is 3.00 bits per heavy atom. The molecule has 3 nitrogen and oxygen atoms in total. The maximum Gasteiger partial charge on any atom is 0.261 e. The van der Waals surface area contributed by atoms with Crippen molar-refractivity contribution in [3.63, 3.8) is 0 Å². The summed E-state index contributed by atoms with van der Waals surface area (Å²) in [5, 5.41) is 12.2. The molecule has 1 aromatic heterocycles. The highest BCUT2D eigenvalue weighted by atomic mass is 32.2. The molecule has 0 spiro atoms. The summed E-state index contributed by atoms with van der Waals surface area (Å²) in [4.78, 5) is 14.3. The maximum absolute atomic E-state index is 12.1. The second-order valence-electron chi connectivity index (χ2n) is 4.63. The average Bonchev–Trinajstić information content (AvgIpc) is 2.90. The molecule has 1 amide bonds. The zero-order valence-corrected chi connectivity index (χ0v) is 12.4. The minimum Gasteiger partial charge on any atom is -0.395 e. The number of carbonyl (C=O) groups excluding carboxylic acids is 1. The standard InChI is InChI=1S/C13H19NO2S2/c1-8(12(7-15)17-2)14-13(16)11-6-9-4-3-5-10(9)18-11/h6,8,12,15H,3-5,7H2,1-2H3,(H,14,16). The predicted molar refractivity (Wildman–Crippen MR) is 77.7 cm³/mol. The van der Waals surface area contributed by atoms with Gasteiger partial charge in [0, 0.05) is 16.2 Å². The summed E-state index contributed by atoms with van der Waals surface area (Å²) in [6.07, 6.45) is 5.40. The monoisotopic (exact) mass is 285 g/mol. The summed E-state index contributed by atoms with van der Waals surface area (Å²) in [6, 6.07) is 2.01. The number of thioether (sulfide) groups is 1. The van der Waals surface area contributed by atoms with Crippen LogP contribution in [0.2, 0.25) is 0 Å². The summed E-state index contributed by atoms with van der Waals surface area (Å²) in [6.45, 7) is 2.03. The largest absolute Gasteiger partial charge is 0.395 e. The molecule has 1 aliphatic carbocycles. The van der Waals surface area contributed by atoms with Crippen molar-refractivity contribution in [2.45, 2.75) is 37.5 Å². The highest BCUT2D eigenvalue weighted by Gasteiger charge is 2.22. The van der Waals surface area contributed by atoms with Crippen LogP contribution >= 0.6 is 23.1 Å². The zero-order valence-electron chi connectivity index (χ0n) is 10.7. The Balaban J connectivity index is 1.98. The van der Waals surface area contributed by atoms with Gasteiger partial charge >= 0.3 is 0 Å². The van der Waals surface area contributed by atoms with E-state index in [0.717, 1.165) is 17.7 Å². The zero-order chi connectivity index (χ0) is 13.1. The van der Waals surface area contributed by atoms with E-state index in [0.29, 0.717) is 0 Å². The molecule has 2 rings (SSSR count). The number of rotatable bonds is 5. The van der Waals surface area contributed by atoms with Crippen LogP contribution in [-0.2, 0) is 12.8 Å². The average molecular weight is 285 g/mol. The Kier molecular flexibility index (Phi) is 4.70. The lowest BCUT2D eigenvalue weighted by atomic mass is 10.2. The van der Waals surface area contributed by atoms with Crippen molar-refractivity contribution in [1.82, 2.24) is 5.32 Å². The van der Waals surface area contributed by atoms with E-state index in [1.807, 2.05) is 19.2 Å². The van der Waals surface area contributed by atoms with Crippen LogP contribution in [0.25, 0.3) is 0 Å². The molecule has 0 saturated carbocycles. The van der Waals surface area contributed by atoms with E-state index in [-0.39, 0.29) is 23.8 Å². The topological polar surface area (TPSA) is 49.3 Å². The van der Waals surface area contributed by atoms with Crippen molar-refractivity contribution in [2.75, 3.05) is 12.9 Å². The highest BCUT2D eigenvalue weighted by molar-refractivity contribution is 7.99. The molecule has 1 aromatic rings. The maximum atomic E-state index is 12.1. The molecule has 0 aromatic carbocycles. The van der Waals surface area contributed by atoms with E-state index in [2.05, 4.69) is 5.32 Å². The van der Waals surface area contributed by atoms with Crippen molar-refractivity contribution in [2.24, 2.45) is 0 Å². The number of aryl methyl sites for hydroxylation is 2. The van der Waals surface area contributed by atoms with E-state index >= 15 is 0 Å². The molecule has 0 saturated heterocycles. The second kappa shape index (κ2) is 6.08. The molecule has 1 heterocycles. The number of hydrogen-bond acceptors (Lipinski definition) is 4. The van der Waals surface area contributed by atoms with Gasteiger partial charge in [0.05, 0.1) is 11.5 Å². The lowest BCUT2D eigenvalue weighted by Crippen LogP contribution is -2.40. The predicted octanol–water partition coefficient (Wildman–Crippen LogP) is 2.08. The summed E-state index contributed by atoms with van der Waals surface area (Å²) >= 11 is 3.20. The van der Waals surface area contributed by atoms with Crippen LogP contribution < -0.4 is 5.32 Å². The van der Waals surface area contributed by atoms with Gasteiger partial charge in [0.15, 0.2) is 0 Å². The summed E-state index contributed by atoms with van der Waals surface area (Å²) < 4.78 is 0. The van der Waals surface area contributed by atoms with Gasteiger partial charge in [0.2, 0.25) is 0 Å². The van der Waals surface area contributed by atoms with Crippen molar-refractivity contribution < 1.29 is 9.90 Å². The molecule has 0 radical (unpaired) electrons. The molecule has 18 heavy (non-hydrogen) atoms. The summed E-state index contributed by atoms with van der Waals surface area (Å²) in [5.41, 5.74) is 1.35. The lowest BCUT2D eigenvalue weighted by molar-refractivity contribution is 0.0940. The smallest absolute Gasteiger partial charge is 0.261 e. The molecule has 5 heteroatoms. The van der Waals surface area contributed by atoms with Gasteiger partial charge in [-0.05, 0) is 44.1 Å². The molecule has 2 unspecified atom stereocenters. The first-order valence-corrected chi connectivity index (χ1v) is 8.32. The number of fused-ring (bicyclic) bond motifs is 1. The number of nitrogens with one attached hydrogen (secondary N) is 1. The van der Waals surface area contributed by atoms with Crippen molar-refractivity contribution in [3.05, 3.63) is 21.4 Å². The van der Waals surface area contributed by atoms with Gasteiger partial charge in [-0.3, -0.25) is 4.79 Å². The fourth-order valence-corrected chi connectivity index (χ4v) is 4.03. The van der Waals surface area contributed by atoms with Gasteiger partial charge in [-0.15, -0.1) is 11.3 Å². The highest BCUT2D eigenvalue weighted by Crippen LogP contribution is 2.30. The molecule has 0 bridgehead atoms. The van der Waals surface area contributed by atoms with Crippen LogP contribution in [-0.4, -0.2) is 35.2 Å². The van der Waals surface area contributed by atoms with Crippen LogP contribution in [0.5, 0.6) is 0 Å². The molecule has 2 atom stereocenters. The number of hydrogen-bond donors (Lipinski definition) is 2. The van der Waals surface area contributed by atoms with Gasteiger partial charge in [-0.25, -0.2) is 0 Å². The fraction of sp³-hybridized carbons (Fsp3) is 0.615. The van der Waals surface area contributed by atoms with Crippen LogP contribution in [0.15, 0.2) is 6.07 Å². The number of thiophene rings is 1. The van der Waals surface area contributed by atoms with Gasteiger partial charge in [-0.1, -0.05) is 0 Å². The quantitative estimate of drug-likeness (QED) is 0.871. The van der Waals surface area contributed by atoms with E-state index < -0.39 is 0 Å². The summed E-state index contributed by atoms with van der Waals surface area (Å²) in [5.74, 6) is -0.00519. The molecular formula is C13H19NO2S2. The van der Waals surface area contributed by atoms with Crippen LogP contribution in [0.3, 0.4) is 0 Å². The summed E-state index contributed by atoms with van der Waals surface area (Å²) in [7, 11) is 0.